The van der Waals surface area contributed by atoms with E-state index < -0.39 is 12.0 Å². The molecule has 5 nitrogen and oxygen atoms in total. The van der Waals surface area contributed by atoms with E-state index >= 15 is 0 Å². The normalized spacial score (nSPS) is 11.7. The summed E-state index contributed by atoms with van der Waals surface area (Å²) in [6, 6.07) is 6.88. The lowest BCUT2D eigenvalue weighted by Gasteiger charge is -2.14. The lowest BCUT2D eigenvalue weighted by Crippen LogP contribution is -2.41. The number of carbonyl (C=O) groups excluding carboxylic acids is 1. The molecular weight excluding hydrogens is 302 g/mol. The van der Waals surface area contributed by atoms with Gasteiger partial charge in [-0.2, -0.15) is 11.8 Å². The van der Waals surface area contributed by atoms with Gasteiger partial charge in [-0.1, -0.05) is 19.1 Å². The summed E-state index contributed by atoms with van der Waals surface area (Å²) in [7, 11) is 0. The molecule has 1 aromatic carbocycles. The lowest BCUT2D eigenvalue weighted by molar-refractivity contribution is -0.141. The van der Waals surface area contributed by atoms with E-state index in [4.69, 9.17) is 9.84 Å². The highest BCUT2D eigenvalue weighted by Crippen LogP contribution is 2.12. The standard InChI is InChI=1S/C16H23NO4S/c1-3-12-4-6-13(7-5-12)21-10-8-15(18)17-14(16(19)20)9-11-22-2/h4-7,14H,3,8-11H2,1-2H3,(H,17,18)(H,19,20). The van der Waals surface area contributed by atoms with Crippen LogP contribution in [0, 0.1) is 0 Å². The number of carboxylic acids is 1. The SMILES string of the molecule is CCc1ccc(OCCC(=O)NC(CCSC)C(=O)O)cc1. The van der Waals surface area contributed by atoms with Crippen molar-refractivity contribution in [3.05, 3.63) is 29.8 Å². The van der Waals surface area contributed by atoms with Gasteiger partial charge in [0.1, 0.15) is 11.8 Å². The van der Waals surface area contributed by atoms with Gasteiger partial charge in [-0.3, -0.25) is 4.79 Å². The molecule has 1 unspecified atom stereocenters. The molecular formula is C16H23NO4S. The minimum atomic E-state index is -1.00. The molecule has 1 amide bonds. The van der Waals surface area contributed by atoms with E-state index in [0.29, 0.717) is 17.9 Å². The van der Waals surface area contributed by atoms with Crippen LogP contribution in [0.15, 0.2) is 24.3 Å². The fraction of sp³-hybridized carbons (Fsp3) is 0.500. The van der Waals surface area contributed by atoms with Crippen molar-refractivity contribution in [2.24, 2.45) is 0 Å². The zero-order valence-electron chi connectivity index (χ0n) is 13.0. The highest BCUT2D eigenvalue weighted by Gasteiger charge is 2.19. The van der Waals surface area contributed by atoms with Gasteiger partial charge in [-0.25, -0.2) is 4.79 Å². The van der Waals surface area contributed by atoms with Gasteiger partial charge in [0.25, 0.3) is 0 Å². The molecule has 0 saturated carbocycles. The first-order chi connectivity index (χ1) is 10.6. The predicted octanol–water partition coefficient (Wildman–Crippen LogP) is 2.34. The summed E-state index contributed by atoms with van der Waals surface area (Å²) in [6.07, 6.45) is 3.42. The van der Waals surface area contributed by atoms with Crippen molar-refractivity contribution >= 4 is 23.6 Å². The van der Waals surface area contributed by atoms with Crippen LogP contribution >= 0.6 is 11.8 Å². The van der Waals surface area contributed by atoms with Gasteiger partial charge in [-0.05, 0) is 42.5 Å². The molecule has 2 N–H and O–H groups in total. The summed E-state index contributed by atoms with van der Waals surface area (Å²) < 4.78 is 5.49. The second-order valence-corrected chi connectivity index (χ2v) is 5.82. The number of amides is 1. The van der Waals surface area contributed by atoms with Gasteiger partial charge in [0.2, 0.25) is 5.91 Å². The largest absolute Gasteiger partial charge is 0.493 e. The summed E-state index contributed by atoms with van der Waals surface area (Å²) >= 11 is 1.55. The second-order valence-electron chi connectivity index (χ2n) is 4.84. The summed E-state index contributed by atoms with van der Waals surface area (Å²) in [4.78, 5) is 22.8. The monoisotopic (exact) mass is 325 g/mol. The van der Waals surface area contributed by atoms with E-state index in [1.807, 2.05) is 30.5 Å². The Bertz CT molecular complexity index is 476. The van der Waals surface area contributed by atoms with Crippen LogP contribution in [0.4, 0.5) is 0 Å². The molecule has 1 atom stereocenters. The minimum Gasteiger partial charge on any atom is -0.493 e. The molecule has 0 saturated heterocycles. The Labute approximate surface area is 135 Å². The first-order valence-electron chi connectivity index (χ1n) is 7.29. The van der Waals surface area contributed by atoms with Crippen LogP contribution in [-0.4, -0.2) is 41.6 Å². The zero-order chi connectivity index (χ0) is 16.4. The van der Waals surface area contributed by atoms with E-state index in [0.717, 1.165) is 6.42 Å². The lowest BCUT2D eigenvalue weighted by atomic mass is 10.2. The first-order valence-corrected chi connectivity index (χ1v) is 8.69. The third kappa shape index (κ3) is 6.85. The van der Waals surface area contributed by atoms with Gasteiger partial charge in [0, 0.05) is 0 Å². The number of aryl methyl sites for hydroxylation is 1. The molecule has 122 valence electrons. The van der Waals surface area contributed by atoms with Crippen LogP contribution < -0.4 is 10.1 Å². The van der Waals surface area contributed by atoms with Crippen LogP contribution in [0.5, 0.6) is 5.75 Å². The molecule has 0 aliphatic heterocycles. The number of hydrogen-bond acceptors (Lipinski definition) is 4. The number of rotatable bonds is 10. The van der Waals surface area contributed by atoms with Gasteiger partial charge < -0.3 is 15.2 Å². The Balaban J connectivity index is 2.33. The molecule has 0 bridgehead atoms. The van der Waals surface area contributed by atoms with E-state index in [1.54, 1.807) is 11.8 Å². The average Bonchev–Trinajstić information content (AvgIpc) is 2.51. The quantitative estimate of drug-likeness (QED) is 0.690. The van der Waals surface area contributed by atoms with E-state index in [-0.39, 0.29) is 18.9 Å². The van der Waals surface area contributed by atoms with Crippen LogP contribution in [0.1, 0.15) is 25.3 Å². The van der Waals surface area contributed by atoms with Gasteiger partial charge in [0.05, 0.1) is 13.0 Å². The van der Waals surface area contributed by atoms with Gasteiger partial charge >= 0.3 is 5.97 Å². The second kappa shape index (κ2) is 10.1. The number of carbonyl (C=O) groups is 2. The number of carboxylic acid groups (broad SMARTS) is 1. The molecule has 0 heterocycles. The van der Waals surface area contributed by atoms with Crippen LogP contribution in [0.2, 0.25) is 0 Å². The maximum absolute atomic E-state index is 11.8. The number of benzene rings is 1. The Morgan fingerprint density at radius 1 is 1.32 bits per heavy atom. The Morgan fingerprint density at radius 3 is 2.55 bits per heavy atom. The van der Waals surface area contributed by atoms with Gasteiger partial charge in [-0.15, -0.1) is 0 Å². The fourth-order valence-corrected chi connectivity index (χ4v) is 2.31. The van der Waals surface area contributed by atoms with Crippen LogP contribution in [0.3, 0.4) is 0 Å². The van der Waals surface area contributed by atoms with Crippen LogP contribution in [-0.2, 0) is 16.0 Å². The number of ether oxygens (including phenoxy) is 1. The van der Waals surface area contributed by atoms with E-state index in [1.165, 1.54) is 5.56 Å². The molecule has 0 radical (unpaired) electrons. The summed E-state index contributed by atoms with van der Waals surface area (Å²) in [5.74, 6) is 0.0941. The number of thioether (sulfide) groups is 1. The van der Waals surface area contributed by atoms with Crippen LogP contribution in [0.25, 0.3) is 0 Å². The maximum Gasteiger partial charge on any atom is 0.326 e. The number of hydrogen-bond donors (Lipinski definition) is 2. The third-order valence-corrected chi connectivity index (χ3v) is 3.82. The molecule has 1 aromatic rings. The van der Waals surface area contributed by atoms with Crippen molar-refractivity contribution in [3.8, 4) is 5.75 Å². The molecule has 0 aliphatic carbocycles. The molecule has 0 aliphatic rings. The molecule has 22 heavy (non-hydrogen) atoms. The van der Waals surface area contributed by atoms with Gasteiger partial charge in [0.15, 0.2) is 0 Å². The van der Waals surface area contributed by atoms with Crippen molar-refractivity contribution in [2.45, 2.75) is 32.2 Å². The Hall–Kier alpha value is -1.69. The van der Waals surface area contributed by atoms with Crippen molar-refractivity contribution in [2.75, 3.05) is 18.6 Å². The molecule has 0 spiro atoms. The van der Waals surface area contributed by atoms with E-state index in [9.17, 15) is 9.59 Å². The molecule has 1 rings (SSSR count). The maximum atomic E-state index is 11.8. The molecule has 6 heteroatoms. The minimum absolute atomic E-state index is 0.137. The summed E-state index contributed by atoms with van der Waals surface area (Å²) in [5.41, 5.74) is 1.23. The molecule has 0 fully saturated rings. The average molecular weight is 325 g/mol. The fourth-order valence-electron chi connectivity index (χ4n) is 1.84. The van der Waals surface area contributed by atoms with Crippen molar-refractivity contribution in [1.29, 1.82) is 0 Å². The van der Waals surface area contributed by atoms with E-state index in [2.05, 4.69) is 12.2 Å². The predicted molar refractivity (Wildman–Crippen MR) is 88.5 cm³/mol. The third-order valence-electron chi connectivity index (χ3n) is 3.17. The summed E-state index contributed by atoms with van der Waals surface area (Å²) in [6.45, 7) is 2.31. The first kappa shape index (κ1) is 18.4. The summed E-state index contributed by atoms with van der Waals surface area (Å²) in [5, 5.41) is 11.6. The molecule has 0 aromatic heterocycles. The highest BCUT2D eigenvalue weighted by atomic mass is 32.2. The number of nitrogens with one attached hydrogen (secondary N) is 1. The van der Waals surface area contributed by atoms with Crippen molar-refractivity contribution < 1.29 is 19.4 Å². The zero-order valence-corrected chi connectivity index (χ0v) is 13.8. The smallest absolute Gasteiger partial charge is 0.326 e. The number of aliphatic carboxylic acids is 1. The van der Waals surface area contributed by atoms with Crippen molar-refractivity contribution in [1.82, 2.24) is 5.32 Å². The topological polar surface area (TPSA) is 75.6 Å². The Kier molecular flexibility index (Phi) is 8.43. The van der Waals surface area contributed by atoms with Crippen molar-refractivity contribution in [3.63, 3.8) is 0 Å². The highest BCUT2D eigenvalue weighted by molar-refractivity contribution is 7.98. The Morgan fingerprint density at radius 2 is 2.00 bits per heavy atom.